The fourth-order valence-corrected chi connectivity index (χ4v) is 5.21. The molecule has 178 valence electrons. The molecule has 8 heteroatoms. The highest BCUT2D eigenvalue weighted by Gasteiger charge is 2.27. The van der Waals surface area contributed by atoms with Gasteiger partial charge in [0.15, 0.2) is 0 Å². The van der Waals surface area contributed by atoms with Gasteiger partial charge in [0, 0.05) is 27.8 Å². The Balaban J connectivity index is 1.36. The van der Waals surface area contributed by atoms with Crippen LogP contribution in [-0.2, 0) is 27.1 Å². The standard InChI is InChI=1S/C27H24BrN3O3S/c1-35(32,33)34-14-13-18-9-11-22(12-10-18)30-27-29-17-20-16-25(19-5-4-6-21(28)15-19)23-7-2-3-8-24(23)26(20)31-27/h2-12,15,17,25H,13-14,16H2,1H3,(H,29,30,31)/t25-/m0/s1. The number of benzene rings is 3. The van der Waals surface area contributed by atoms with Crippen molar-refractivity contribution in [2.24, 2.45) is 0 Å². The number of fused-ring (bicyclic) bond motifs is 3. The largest absolute Gasteiger partial charge is 0.324 e. The maximum atomic E-state index is 11.1. The molecule has 0 radical (unpaired) electrons. The van der Waals surface area contributed by atoms with Gasteiger partial charge in [-0.25, -0.2) is 9.97 Å². The molecule has 1 heterocycles. The third kappa shape index (κ3) is 5.61. The highest BCUT2D eigenvalue weighted by atomic mass is 79.9. The highest BCUT2D eigenvalue weighted by molar-refractivity contribution is 9.10. The molecule has 4 aromatic rings. The van der Waals surface area contributed by atoms with Gasteiger partial charge < -0.3 is 5.32 Å². The van der Waals surface area contributed by atoms with Crippen molar-refractivity contribution in [2.45, 2.75) is 18.8 Å². The fourth-order valence-electron chi connectivity index (χ4n) is 4.41. The van der Waals surface area contributed by atoms with Crippen LogP contribution in [0.25, 0.3) is 11.3 Å². The van der Waals surface area contributed by atoms with E-state index in [4.69, 9.17) is 9.17 Å². The Morgan fingerprint density at radius 3 is 2.63 bits per heavy atom. The van der Waals surface area contributed by atoms with Crippen LogP contribution in [0.3, 0.4) is 0 Å². The number of hydrogen-bond acceptors (Lipinski definition) is 6. The van der Waals surface area contributed by atoms with E-state index in [0.717, 1.165) is 45.2 Å². The summed E-state index contributed by atoms with van der Waals surface area (Å²) in [6.45, 7) is 0.125. The molecule has 0 spiro atoms. The van der Waals surface area contributed by atoms with Crippen LogP contribution in [0.5, 0.6) is 0 Å². The second kappa shape index (κ2) is 9.89. The lowest BCUT2D eigenvalue weighted by Gasteiger charge is -2.27. The van der Waals surface area contributed by atoms with Crippen LogP contribution in [0, 0.1) is 0 Å². The van der Waals surface area contributed by atoms with Crippen LogP contribution in [0.4, 0.5) is 11.6 Å². The second-order valence-electron chi connectivity index (χ2n) is 8.56. The molecular weight excluding hydrogens is 526 g/mol. The topological polar surface area (TPSA) is 81.2 Å². The van der Waals surface area contributed by atoms with E-state index in [1.54, 1.807) is 0 Å². The van der Waals surface area contributed by atoms with Gasteiger partial charge in [-0.15, -0.1) is 0 Å². The molecule has 1 N–H and O–H groups in total. The van der Waals surface area contributed by atoms with Gasteiger partial charge in [0.2, 0.25) is 5.95 Å². The van der Waals surface area contributed by atoms with Crippen molar-refractivity contribution < 1.29 is 12.6 Å². The predicted molar refractivity (Wildman–Crippen MR) is 141 cm³/mol. The van der Waals surface area contributed by atoms with Gasteiger partial charge in [-0.3, -0.25) is 4.18 Å². The Kier molecular flexibility index (Phi) is 6.69. The molecule has 0 saturated heterocycles. The van der Waals surface area contributed by atoms with E-state index < -0.39 is 10.1 Å². The van der Waals surface area contributed by atoms with Gasteiger partial charge in [0.25, 0.3) is 10.1 Å². The predicted octanol–water partition coefficient (Wildman–Crippen LogP) is 5.86. The third-order valence-electron chi connectivity index (χ3n) is 6.03. The summed E-state index contributed by atoms with van der Waals surface area (Å²) in [5, 5.41) is 3.29. The molecule has 0 fully saturated rings. The van der Waals surface area contributed by atoms with Crippen molar-refractivity contribution in [3.8, 4) is 11.3 Å². The summed E-state index contributed by atoms with van der Waals surface area (Å²) in [5.41, 5.74) is 7.58. The molecule has 1 atom stereocenters. The average molecular weight is 550 g/mol. The number of nitrogens with zero attached hydrogens (tertiary/aromatic N) is 2. The van der Waals surface area contributed by atoms with Crippen LogP contribution < -0.4 is 5.32 Å². The van der Waals surface area contributed by atoms with E-state index in [0.29, 0.717) is 12.4 Å². The zero-order valence-corrected chi connectivity index (χ0v) is 21.5. The van der Waals surface area contributed by atoms with E-state index in [1.807, 2.05) is 42.6 Å². The van der Waals surface area contributed by atoms with Crippen LogP contribution in [0.2, 0.25) is 0 Å². The van der Waals surface area contributed by atoms with Crippen molar-refractivity contribution in [1.29, 1.82) is 0 Å². The smallest absolute Gasteiger partial charge is 0.264 e. The minimum atomic E-state index is -3.42. The molecule has 0 amide bonds. The van der Waals surface area contributed by atoms with E-state index in [-0.39, 0.29) is 12.5 Å². The molecule has 0 unspecified atom stereocenters. The van der Waals surface area contributed by atoms with Gasteiger partial charge in [0.1, 0.15) is 0 Å². The van der Waals surface area contributed by atoms with Crippen LogP contribution in [-0.4, -0.2) is 31.2 Å². The summed E-state index contributed by atoms with van der Waals surface area (Å²) < 4.78 is 28.1. The lowest BCUT2D eigenvalue weighted by atomic mass is 9.78. The SMILES string of the molecule is CS(=O)(=O)OCCc1ccc(Nc2ncc3c(n2)-c2ccccc2[C@H](c2cccc(Br)c2)C3)cc1. The minimum Gasteiger partial charge on any atom is -0.324 e. The zero-order chi connectivity index (χ0) is 24.4. The maximum Gasteiger partial charge on any atom is 0.264 e. The van der Waals surface area contributed by atoms with Crippen LogP contribution in [0.15, 0.2) is 83.5 Å². The molecule has 0 aliphatic heterocycles. The number of anilines is 2. The van der Waals surface area contributed by atoms with Crippen molar-refractivity contribution in [3.63, 3.8) is 0 Å². The summed E-state index contributed by atoms with van der Waals surface area (Å²) in [6.07, 6.45) is 4.33. The molecule has 1 aromatic heterocycles. The summed E-state index contributed by atoms with van der Waals surface area (Å²) in [7, 11) is -3.42. The summed E-state index contributed by atoms with van der Waals surface area (Å²) >= 11 is 3.60. The van der Waals surface area contributed by atoms with Gasteiger partial charge in [0.05, 0.1) is 18.6 Å². The van der Waals surface area contributed by atoms with Crippen molar-refractivity contribution in [3.05, 3.63) is 106 Å². The first-order valence-electron chi connectivity index (χ1n) is 11.3. The molecule has 5 rings (SSSR count). The van der Waals surface area contributed by atoms with Gasteiger partial charge in [-0.2, -0.15) is 8.42 Å². The Hall–Kier alpha value is -3.07. The lowest BCUT2D eigenvalue weighted by Crippen LogP contribution is -2.15. The van der Waals surface area contributed by atoms with Gasteiger partial charge in [-0.05, 0) is 59.4 Å². The van der Waals surface area contributed by atoms with E-state index in [1.165, 1.54) is 11.1 Å². The first-order chi connectivity index (χ1) is 16.9. The molecule has 0 saturated carbocycles. The third-order valence-corrected chi connectivity index (χ3v) is 7.12. The molecule has 1 aliphatic rings. The Morgan fingerprint density at radius 1 is 1.06 bits per heavy atom. The van der Waals surface area contributed by atoms with Crippen LogP contribution in [0.1, 0.15) is 28.2 Å². The minimum absolute atomic E-state index is 0.125. The number of nitrogens with one attached hydrogen (secondary N) is 1. The van der Waals surface area contributed by atoms with Crippen LogP contribution >= 0.6 is 15.9 Å². The molecule has 6 nitrogen and oxygen atoms in total. The monoisotopic (exact) mass is 549 g/mol. The average Bonchev–Trinajstić information content (AvgIpc) is 2.84. The summed E-state index contributed by atoms with van der Waals surface area (Å²) in [5.74, 6) is 0.783. The first kappa shape index (κ1) is 23.7. The molecular formula is C27H24BrN3O3S. The Labute approximate surface area is 213 Å². The molecule has 1 aliphatic carbocycles. The van der Waals surface area contributed by atoms with Gasteiger partial charge >= 0.3 is 0 Å². The number of hydrogen-bond donors (Lipinski definition) is 1. The molecule has 3 aromatic carbocycles. The van der Waals surface area contributed by atoms with Crippen molar-refractivity contribution >= 4 is 37.7 Å². The normalized spacial score (nSPS) is 14.7. The molecule has 35 heavy (non-hydrogen) atoms. The fraction of sp³-hybridized carbons (Fsp3) is 0.185. The highest BCUT2D eigenvalue weighted by Crippen LogP contribution is 2.42. The lowest BCUT2D eigenvalue weighted by molar-refractivity contribution is 0.326. The van der Waals surface area contributed by atoms with Crippen molar-refractivity contribution in [2.75, 3.05) is 18.2 Å². The Morgan fingerprint density at radius 2 is 1.86 bits per heavy atom. The van der Waals surface area contributed by atoms with E-state index in [2.05, 4.69) is 62.6 Å². The second-order valence-corrected chi connectivity index (χ2v) is 11.1. The van der Waals surface area contributed by atoms with Crippen molar-refractivity contribution in [1.82, 2.24) is 9.97 Å². The molecule has 0 bridgehead atoms. The zero-order valence-electron chi connectivity index (χ0n) is 19.1. The number of aromatic nitrogens is 2. The van der Waals surface area contributed by atoms with E-state index >= 15 is 0 Å². The maximum absolute atomic E-state index is 11.1. The quantitative estimate of drug-likeness (QED) is 0.291. The van der Waals surface area contributed by atoms with E-state index in [9.17, 15) is 8.42 Å². The first-order valence-corrected chi connectivity index (χ1v) is 13.9. The summed E-state index contributed by atoms with van der Waals surface area (Å²) in [6, 6.07) is 24.6. The summed E-state index contributed by atoms with van der Waals surface area (Å²) in [4.78, 5) is 9.46. The number of halogens is 1. The van der Waals surface area contributed by atoms with Gasteiger partial charge in [-0.1, -0.05) is 64.5 Å². The number of rotatable bonds is 7. The Bertz CT molecular complexity index is 1470.